The summed E-state index contributed by atoms with van der Waals surface area (Å²) < 4.78 is 27.5. The molecule has 3 aliphatic heterocycles. The molecular formula is C17H24N2O3S. The second-order valence-corrected chi connectivity index (χ2v) is 8.54. The van der Waals surface area contributed by atoms with Crippen molar-refractivity contribution >= 4 is 15.9 Å². The van der Waals surface area contributed by atoms with Gasteiger partial charge in [-0.05, 0) is 43.9 Å². The highest BCUT2D eigenvalue weighted by atomic mass is 32.2. The van der Waals surface area contributed by atoms with Gasteiger partial charge in [-0.15, -0.1) is 0 Å². The molecule has 3 fully saturated rings. The molecule has 2 atom stereocenters. The van der Waals surface area contributed by atoms with Gasteiger partial charge in [-0.2, -0.15) is 4.31 Å². The predicted octanol–water partition coefficient (Wildman–Crippen LogP) is 2.02. The Morgan fingerprint density at radius 3 is 2.70 bits per heavy atom. The van der Waals surface area contributed by atoms with Crippen molar-refractivity contribution in [2.45, 2.75) is 44.0 Å². The Balaban J connectivity index is 1.91. The molecule has 0 spiro atoms. The van der Waals surface area contributed by atoms with Crippen molar-refractivity contribution in [3.63, 3.8) is 0 Å². The van der Waals surface area contributed by atoms with Gasteiger partial charge in [-0.25, -0.2) is 8.42 Å². The van der Waals surface area contributed by atoms with Gasteiger partial charge in [0.15, 0.2) is 0 Å². The molecule has 1 amide bonds. The van der Waals surface area contributed by atoms with Crippen LogP contribution in [0.1, 0.15) is 31.7 Å². The van der Waals surface area contributed by atoms with Gasteiger partial charge in [0, 0.05) is 25.7 Å². The molecule has 1 aromatic rings. The van der Waals surface area contributed by atoms with Crippen molar-refractivity contribution in [2.75, 3.05) is 19.6 Å². The van der Waals surface area contributed by atoms with E-state index in [0.717, 1.165) is 31.4 Å². The summed E-state index contributed by atoms with van der Waals surface area (Å²) >= 11 is 0. The summed E-state index contributed by atoms with van der Waals surface area (Å²) in [4.78, 5) is 14.8. The van der Waals surface area contributed by atoms with Crippen LogP contribution in [-0.2, 0) is 14.8 Å². The molecule has 1 aromatic carbocycles. The molecule has 6 heteroatoms. The molecular weight excluding hydrogens is 312 g/mol. The van der Waals surface area contributed by atoms with E-state index in [1.807, 2.05) is 24.8 Å². The third kappa shape index (κ3) is 3.02. The maximum Gasteiger partial charge on any atom is 0.243 e. The molecule has 0 N–H and O–H groups in total. The van der Waals surface area contributed by atoms with Gasteiger partial charge in [-0.1, -0.05) is 19.1 Å². The van der Waals surface area contributed by atoms with E-state index in [4.69, 9.17) is 0 Å². The second kappa shape index (κ2) is 6.24. The van der Waals surface area contributed by atoms with Gasteiger partial charge in [0.05, 0.1) is 10.8 Å². The summed E-state index contributed by atoms with van der Waals surface area (Å²) in [6.45, 7) is 5.38. The first kappa shape index (κ1) is 16.5. The van der Waals surface area contributed by atoms with Crippen molar-refractivity contribution in [1.29, 1.82) is 0 Å². The van der Waals surface area contributed by atoms with Crippen molar-refractivity contribution in [3.05, 3.63) is 29.8 Å². The average Bonchev–Trinajstić information content (AvgIpc) is 2.81. The highest BCUT2D eigenvalue weighted by molar-refractivity contribution is 7.89. The van der Waals surface area contributed by atoms with Crippen LogP contribution in [0.15, 0.2) is 29.2 Å². The molecule has 0 unspecified atom stereocenters. The Hall–Kier alpha value is -1.40. The summed E-state index contributed by atoms with van der Waals surface area (Å²) in [6.07, 6.45) is 2.60. The molecule has 2 bridgehead atoms. The minimum Gasteiger partial charge on any atom is -0.338 e. The van der Waals surface area contributed by atoms with E-state index < -0.39 is 10.0 Å². The third-order valence-electron chi connectivity index (χ3n) is 4.85. The van der Waals surface area contributed by atoms with E-state index in [2.05, 4.69) is 0 Å². The fourth-order valence-electron chi connectivity index (χ4n) is 3.66. The number of hydrogen-bond acceptors (Lipinski definition) is 3. The molecule has 5 nitrogen and oxygen atoms in total. The van der Waals surface area contributed by atoms with Crippen LogP contribution in [0, 0.1) is 12.8 Å². The van der Waals surface area contributed by atoms with Crippen LogP contribution in [0.5, 0.6) is 0 Å². The Kier molecular flexibility index (Phi) is 4.47. The van der Waals surface area contributed by atoms with Crippen LogP contribution in [-0.4, -0.2) is 49.2 Å². The zero-order chi connectivity index (χ0) is 16.6. The molecule has 3 aliphatic rings. The predicted molar refractivity (Wildman–Crippen MR) is 88.5 cm³/mol. The average molecular weight is 336 g/mol. The molecule has 126 valence electrons. The minimum atomic E-state index is -3.54. The highest BCUT2D eigenvalue weighted by Gasteiger charge is 2.43. The lowest BCUT2D eigenvalue weighted by Crippen LogP contribution is -2.48. The summed E-state index contributed by atoms with van der Waals surface area (Å²) in [6, 6.07) is 7.01. The second-order valence-electron chi connectivity index (χ2n) is 6.60. The molecule has 0 saturated carbocycles. The van der Waals surface area contributed by atoms with E-state index in [-0.39, 0.29) is 17.9 Å². The first-order valence-electron chi connectivity index (χ1n) is 8.30. The fourth-order valence-corrected chi connectivity index (χ4v) is 5.28. The third-order valence-corrected chi connectivity index (χ3v) is 6.68. The summed E-state index contributed by atoms with van der Waals surface area (Å²) in [7, 11) is -3.54. The van der Waals surface area contributed by atoms with Crippen LogP contribution in [0.2, 0.25) is 0 Å². The standard InChI is InChI=1S/C17H24N2O3S/c1-3-9-19-15-8-7-14(17(19)20)11-18(12-15)23(21,22)16-6-4-5-13(2)10-16/h4-6,10,14-15H,3,7-9,11-12H2,1-2H3/t14-,15+/m0/s1. The maximum absolute atomic E-state index is 13.0. The van der Waals surface area contributed by atoms with Crippen molar-refractivity contribution < 1.29 is 13.2 Å². The number of carbonyl (C=O) groups is 1. The van der Waals surface area contributed by atoms with Crippen LogP contribution in [0.4, 0.5) is 0 Å². The first-order chi connectivity index (χ1) is 10.9. The smallest absolute Gasteiger partial charge is 0.243 e. The topological polar surface area (TPSA) is 57.7 Å². The summed E-state index contributed by atoms with van der Waals surface area (Å²) in [5.74, 6) is -0.0649. The van der Waals surface area contributed by atoms with Crippen molar-refractivity contribution in [2.24, 2.45) is 5.92 Å². The number of carbonyl (C=O) groups excluding carboxylic acids is 1. The van der Waals surface area contributed by atoms with E-state index in [0.29, 0.717) is 18.0 Å². The van der Waals surface area contributed by atoms with Crippen LogP contribution in [0.3, 0.4) is 0 Å². The fraction of sp³-hybridized carbons (Fsp3) is 0.588. The molecule has 23 heavy (non-hydrogen) atoms. The first-order valence-corrected chi connectivity index (χ1v) is 9.74. The van der Waals surface area contributed by atoms with Gasteiger partial charge >= 0.3 is 0 Å². The number of rotatable bonds is 4. The zero-order valence-corrected chi connectivity index (χ0v) is 14.6. The number of nitrogens with zero attached hydrogens (tertiary/aromatic N) is 2. The summed E-state index contributed by atoms with van der Waals surface area (Å²) in [5.41, 5.74) is 0.924. The SMILES string of the molecule is CCCN1C(=O)[C@H]2CC[C@@H]1CN(S(=O)(=O)c1cccc(C)c1)C2. The van der Waals surface area contributed by atoms with Crippen LogP contribution < -0.4 is 0 Å². The zero-order valence-electron chi connectivity index (χ0n) is 13.7. The van der Waals surface area contributed by atoms with E-state index in [1.54, 1.807) is 18.2 Å². The lowest BCUT2D eigenvalue weighted by Gasteiger charge is -2.35. The molecule has 0 aromatic heterocycles. The van der Waals surface area contributed by atoms with Gasteiger partial charge < -0.3 is 4.90 Å². The number of sulfonamides is 1. The monoisotopic (exact) mass is 336 g/mol. The number of amides is 1. The number of piperidine rings is 1. The Labute approximate surface area is 138 Å². The molecule has 3 heterocycles. The van der Waals surface area contributed by atoms with E-state index in [1.165, 1.54) is 4.31 Å². The minimum absolute atomic E-state index is 0.0146. The number of benzene rings is 1. The number of aryl methyl sites for hydroxylation is 1. The maximum atomic E-state index is 13.0. The van der Waals surface area contributed by atoms with Gasteiger partial charge in [0.2, 0.25) is 15.9 Å². The van der Waals surface area contributed by atoms with E-state index >= 15 is 0 Å². The van der Waals surface area contributed by atoms with Crippen molar-refractivity contribution in [3.8, 4) is 0 Å². The Morgan fingerprint density at radius 1 is 1.22 bits per heavy atom. The van der Waals surface area contributed by atoms with Crippen LogP contribution in [0.25, 0.3) is 0 Å². The highest BCUT2D eigenvalue weighted by Crippen LogP contribution is 2.32. The van der Waals surface area contributed by atoms with Gasteiger partial charge in [0.1, 0.15) is 0 Å². The lowest BCUT2D eigenvalue weighted by molar-refractivity contribution is -0.139. The molecule has 4 rings (SSSR count). The number of fused-ring (bicyclic) bond motifs is 4. The summed E-state index contributed by atoms with van der Waals surface area (Å²) in [5, 5.41) is 0. The number of hydrogen-bond donors (Lipinski definition) is 0. The van der Waals surface area contributed by atoms with Gasteiger partial charge in [0.25, 0.3) is 0 Å². The normalized spacial score (nSPS) is 25.7. The van der Waals surface area contributed by atoms with Crippen molar-refractivity contribution in [1.82, 2.24) is 9.21 Å². The molecule has 0 aliphatic carbocycles. The largest absolute Gasteiger partial charge is 0.338 e. The Bertz CT molecular complexity index is 702. The quantitative estimate of drug-likeness (QED) is 0.845. The molecule has 3 saturated heterocycles. The lowest BCUT2D eigenvalue weighted by atomic mass is 9.94. The van der Waals surface area contributed by atoms with E-state index in [9.17, 15) is 13.2 Å². The molecule has 0 radical (unpaired) electrons. The van der Waals surface area contributed by atoms with Crippen LogP contribution >= 0.6 is 0 Å². The van der Waals surface area contributed by atoms with Gasteiger partial charge in [-0.3, -0.25) is 4.79 Å². The Morgan fingerprint density at radius 2 is 2.00 bits per heavy atom.